The van der Waals surface area contributed by atoms with Crippen LogP contribution in [0.5, 0.6) is 0 Å². The van der Waals surface area contributed by atoms with Crippen LogP contribution in [0.25, 0.3) is 0 Å². The third-order valence-electron chi connectivity index (χ3n) is 2.46. The van der Waals surface area contributed by atoms with Crippen molar-refractivity contribution in [1.29, 1.82) is 0 Å². The Morgan fingerprint density at radius 1 is 0.562 bits per heavy atom. The number of hydrogen-bond donors (Lipinski definition) is 0. The zero-order chi connectivity index (χ0) is 12.2. The SMILES string of the molecule is CC(C)[N]([Nd+][N](C(C)C)C(C)C)C(C)C.[F-]. The molecule has 0 fully saturated rings. The van der Waals surface area contributed by atoms with E-state index in [9.17, 15) is 0 Å². The first-order valence-corrected chi connectivity index (χ1v) is 8.97. The van der Waals surface area contributed by atoms with E-state index in [1.54, 1.807) is 0 Å². The molecule has 0 saturated heterocycles. The van der Waals surface area contributed by atoms with Gasteiger partial charge in [-0.2, -0.15) is 0 Å². The normalized spacial score (nSPS) is 11.9. The molecule has 0 heterocycles. The molecule has 0 saturated carbocycles. The third kappa shape index (κ3) is 6.82. The van der Waals surface area contributed by atoms with E-state index < -0.39 is 37.5 Å². The fourth-order valence-corrected chi connectivity index (χ4v) is 5.61. The van der Waals surface area contributed by atoms with E-state index in [1.165, 1.54) is 0 Å². The van der Waals surface area contributed by atoms with Crippen molar-refractivity contribution >= 4 is 0 Å². The van der Waals surface area contributed by atoms with Crippen molar-refractivity contribution in [2.45, 2.75) is 79.6 Å². The molecule has 0 aliphatic rings. The molecular weight excluding hydrogens is 335 g/mol. The smallest absolute Gasteiger partial charge is 1.00 e. The molecule has 0 aromatic heterocycles. The number of nitrogens with zero attached hydrogens (tertiary/aromatic N) is 2. The first-order valence-electron chi connectivity index (χ1n) is 6.10. The largest absolute Gasteiger partial charge is 1.00 e. The van der Waals surface area contributed by atoms with Gasteiger partial charge in [0.1, 0.15) is 0 Å². The van der Waals surface area contributed by atoms with E-state index >= 15 is 0 Å². The molecular formula is C12H28FN2Nd. The fourth-order valence-electron chi connectivity index (χ4n) is 1.79. The fraction of sp³-hybridized carbons (Fsp3) is 1.00. The molecule has 0 aliphatic carbocycles. The molecule has 0 radical (unpaired) electrons. The maximum absolute atomic E-state index is 2.74. The summed E-state index contributed by atoms with van der Waals surface area (Å²) in [6.07, 6.45) is 0. The quantitative estimate of drug-likeness (QED) is 0.663. The first-order chi connectivity index (χ1) is 6.77. The van der Waals surface area contributed by atoms with Gasteiger partial charge in [0.15, 0.2) is 0 Å². The van der Waals surface area contributed by atoms with Crippen molar-refractivity contribution in [3.63, 3.8) is 0 Å². The average Bonchev–Trinajstić information content (AvgIpc) is 2.01. The summed E-state index contributed by atoms with van der Waals surface area (Å²) in [5, 5.41) is 0. The van der Waals surface area contributed by atoms with Crippen LogP contribution < -0.4 is 4.70 Å². The molecule has 0 rings (SSSR count). The summed E-state index contributed by atoms with van der Waals surface area (Å²) >= 11 is -0.827. The van der Waals surface area contributed by atoms with Gasteiger partial charge < -0.3 is 4.70 Å². The van der Waals surface area contributed by atoms with Crippen molar-refractivity contribution in [3.8, 4) is 0 Å². The van der Waals surface area contributed by atoms with Gasteiger partial charge in [-0.1, -0.05) is 0 Å². The van der Waals surface area contributed by atoms with E-state index in [0.717, 1.165) is 0 Å². The maximum Gasteiger partial charge on any atom is -1.00 e. The molecule has 0 spiro atoms. The minimum absolute atomic E-state index is 0. The van der Waals surface area contributed by atoms with Gasteiger partial charge in [0, 0.05) is 0 Å². The van der Waals surface area contributed by atoms with Crippen LogP contribution in [0, 0.1) is 37.5 Å². The summed E-state index contributed by atoms with van der Waals surface area (Å²) in [7, 11) is 0. The maximum atomic E-state index is 2.74. The molecule has 2 nitrogen and oxygen atoms in total. The van der Waals surface area contributed by atoms with E-state index in [1.807, 2.05) is 0 Å². The molecule has 0 aromatic rings. The number of hydrogen-bond acceptors (Lipinski definition) is 2. The zero-order valence-corrected chi connectivity index (χ0v) is 15.3. The summed E-state index contributed by atoms with van der Waals surface area (Å²) in [4.78, 5) is 0. The van der Waals surface area contributed by atoms with Crippen LogP contribution in [0.15, 0.2) is 0 Å². The Balaban J connectivity index is 0. The second-order valence-electron chi connectivity index (χ2n) is 5.29. The zero-order valence-electron chi connectivity index (χ0n) is 12.1. The van der Waals surface area contributed by atoms with Crippen molar-refractivity contribution in [2.75, 3.05) is 0 Å². The van der Waals surface area contributed by atoms with Crippen LogP contribution in [0.3, 0.4) is 0 Å². The standard InChI is InChI=1S/2C6H14N.FH.Nd/c2*1-5(2)7-6(3)4;;/h2*5-6H,1-4H3;1H;/q2*-1;;+3/p-1. The van der Waals surface area contributed by atoms with Gasteiger partial charge in [-0.25, -0.2) is 0 Å². The van der Waals surface area contributed by atoms with Gasteiger partial charge in [0.25, 0.3) is 0 Å². The van der Waals surface area contributed by atoms with Crippen molar-refractivity contribution in [3.05, 3.63) is 0 Å². The van der Waals surface area contributed by atoms with Crippen LogP contribution in [0.1, 0.15) is 55.4 Å². The second-order valence-corrected chi connectivity index (χ2v) is 9.24. The first kappa shape index (κ1) is 19.5. The van der Waals surface area contributed by atoms with Gasteiger partial charge in [-0.05, 0) is 0 Å². The summed E-state index contributed by atoms with van der Waals surface area (Å²) in [6.45, 7) is 18.6. The van der Waals surface area contributed by atoms with E-state index in [2.05, 4.69) is 57.4 Å². The molecule has 16 heavy (non-hydrogen) atoms. The van der Waals surface area contributed by atoms with Gasteiger partial charge >= 0.3 is 119 Å². The van der Waals surface area contributed by atoms with Gasteiger partial charge in [-0.3, -0.25) is 0 Å². The Hall–Kier alpha value is 1.20. The van der Waals surface area contributed by atoms with Crippen molar-refractivity contribution < 1.29 is 42.2 Å². The molecule has 97 valence electrons. The predicted molar refractivity (Wildman–Crippen MR) is 64.2 cm³/mol. The third-order valence-corrected chi connectivity index (χ3v) is 10.6. The van der Waals surface area contributed by atoms with Gasteiger partial charge in [-0.15, -0.1) is 0 Å². The van der Waals surface area contributed by atoms with Crippen LogP contribution >= 0.6 is 0 Å². The molecule has 0 amide bonds. The number of rotatable bonds is 6. The molecule has 0 atom stereocenters. The minimum atomic E-state index is -0.827. The number of halogens is 1. The molecule has 0 aliphatic heterocycles. The van der Waals surface area contributed by atoms with Crippen molar-refractivity contribution in [1.82, 2.24) is 1.97 Å². The van der Waals surface area contributed by atoms with Crippen LogP contribution in [0.2, 0.25) is 0 Å². The molecule has 0 aromatic carbocycles. The van der Waals surface area contributed by atoms with E-state index in [-0.39, 0.29) is 4.70 Å². The Morgan fingerprint density at radius 2 is 0.750 bits per heavy atom. The summed E-state index contributed by atoms with van der Waals surface area (Å²) in [6, 6.07) is 2.81. The Labute approximate surface area is 123 Å². The summed E-state index contributed by atoms with van der Waals surface area (Å²) in [5.74, 6) is 0. The molecule has 4 heteroatoms. The van der Waals surface area contributed by atoms with Gasteiger partial charge in [0.2, 0.25) is 0 Å². The van der Waals surface area contributed by atoms with Crippen LogP contribution in [-0.2, 0) is 0 Å². The van der Waals surface area contributed by atoms with E-state index in [0.29, 0.717) is 24.2 Å². The summed E-state index contributed by atoms with van der Waals surface area (Å²) < 4.78 is 5.47. The topological polar surface area (TPSA) is 6.48 Å². The van der Waals surface area contributed by atoms with Gasteiger partial charge in [0.05, 0.1) is 0 Å². The Morgan fingerprint density at radius 3 is 0.875 bits per heavy atom. The predicted octanol–water partition coefficient (Wildman–Crippen LogP) is 0.143. The van der Waals surface area contributed by atoms with Crippen LogP contribution in [-0.4, -0.2) is 26.1 Å². The van der Waals surface area contributed by atoms with Crippen molar-refractivity contribution in [2.24, 2.45) is 0 Å². The monoisotopic (exact) mass is 361 g/mol. The Bertz CT molecular complexity index is 138. The summed E-state index contributed by atoms with van der Waals surface area (Å²) in [5.41, 5.74) is 0. The minimum Gasteiger partial charge on any atom is -1.00 e. The second kappa shape index (κ2) is 9.17. The Kier molecular flexibility index (Phi) is 11.2. The average molecular weight is 364 g/mol. The van der Waals surface area contributed by atoms with E-state index in [4.69, 9.17) is 0 Å². The molecule has 0 bridgehead atoms. The van der Waals surface area contributed by atoms with Crippen LogP contribution in [0.4, 0.5) is 0 Å². The molecule has 0 unspecified atom stereocenters. The molecule has 0 N–H and O–H groups in total.